The Morgan fingerprint density at radius 3 is 1.43 bits per heavy atom. The lowest BCUT2D eigenvalue weighted by Gasteiger charge is -2.16. The molecule has 4 aromatic rings. The molecule has 308 valence electrons. The minimum Gasteiger partial charge on any atom is -0.496 e. The number of rotatable bonds is 8. The largest absolute Gasteiger partial charge is 0.496 e. The van der Waals surface area contributed by atoms with Crippen LogP contribution < -0.4 is 36.1 Å². The van der Waals surface area contributed by atoms with Gasteiger partial charge in [-0.3, -0.25) is 0 Å². The van der Waals surface area contributed by atoms with Crippen LogP contribution in [0.2, 0.25) is 0 Å². The second kappa shape index (κ2) is 21.8. The lowest BCUT2D eigenvalue weighted by atomic mass is 9.96. The molecule has 0 radical (unpaired) electrons. The molecule has 1 aliphatic rings. The van der Waals surface area contributed by atoms with Gasteiger partial charge >= 0.3 is 0 Å². The van der Waals surface area contributed by atoms with Crippen molar-refractivity contribution >= 4 is 91.7 Å². The van der Waals surface area contributed by atoms with Gasteiger partial charge in [0.1, 0.15) is 23.0 Å². The fraction of sp³-hybridized carbons (Fsp3) is 0.104. The maximum atomic E-state index is 9.42. The number of nitrogens with one attached hydrogen (secondary N) is 1. The molecule has 8 nitrogen and oxygen atoms in total. The highest BCUT2D eigenvalue weighted by molar-refractivity contribution is 9.11. The molecule has 1 aliphatic carbocycles. The van der Waals surface area contributed by atoms with Crippen molar-refractivity contribution in [3.05, 3.63) is 197 Å². The van der Waals surface area contributed by atoms with Crippen molar-refractivity contribution in [3.63, 3.8) is 0 Å². The van der Waals surface area contributed by atoms with Crippen LogP contribution in [-0.4, -0.2) is 34.2 Å². The van der Waals surface area contributed by atoms with Gasteiger partial charge in [0.15, 0.2) is 0 Å². The first-order chi connectivity index (χ1) is 28.9. The molecule has 60 heavy (non-hydrogen) atoms. The van der Waals surface area contributed by atoms with Crippen molar-refractivity contribution in [3.8, 4) is 23.0 Å². The van der Waals surface area contributed by atoms with Crippen LogP contribution in [0.1, 0.15) is 28.7 Å². The zero-order valence-electron chi connectivity index (χ0n) is 33.4. The molecule has 0 amide bonds. The highest BCUT2D eigenvalue weighted by Gasteiger charge is 2.19. The summed E-state index contributed by atoms with van der Waals surface area (Å²) in [4.78, 5) is 0. The summed E-state index contributed by atoms with van der Waals surface area (Å²) in [6.07, 6.45) is 20.7. The topological polar surface area (TPSA) is 139 Å². The minimum absolute atomic E-state index is 0.165. The summed E-state index contributed by atoms with van der Waals surface area (Å²) in [5.41, 5.74) is 27.9. The monoisotopic (exact) mass is 1060 g/mol. The molecule has 4 aromatic carbocycles. The number of methoxy groups -OCH3 is 4. The summed E-state index contributed by atoms with van der Waals surface area (Å²) >= 11 is 14.9. The maximum absolute atomic E-state index is 9.42. The Morgan fingerprint density at radius 2 is 0.917 bits per heavy atom. The summed E-state index contributed by atoms with van der Waals surface area (Å²) in [5, 5.41) is 9.42. The van der Waals surface area contributed by atoms with Crippen molar-refractivity contribution in [1.82, 2.24) is 0 Å². The van der Waals surface area contributed by atoms with Gasteiger partial charge < -0.3 is 41.6 Å². The molecule has 0 aliphatic heterocycles. The highest BCUT2D eigenvalue weighted by atomic mass is 79.9. The van der Waals surface area contributed by atoms with E-state index in [0.717, 1.165) is 45.7 Å². The molecular formula is C48H44Br4N4O4. The van der Waals surface area contributed by atoms with Gasteiger partial charge in [-0.15, -0.1) is 0 Å². The van der Waals surface area contributed by atoms with Crippen LogP contribution >= 0.6 is 63.7 Å². The predicted octanol–water partition coefficient (Wildman–Crippen LogP) is 12.5. The lowest BCUT2D eigenvalue weighted by Crippen LogP contribution is -2.09. The van der Waals surface area contributed by atoms with E-state index in [1.54, 1.807) is 52.7 Å². The van der Waals surface area contributed by atoms with E-state index in [-0.39, 0.29) is 5.71 Å². The maximum Gasteiger partial charge on any atom is 0.130 e. The van der Waals surface area contributed by atoms with Crippen molar-refractivity contribution in [2.75, 3.05) is 28.4 Å². The number of hydrogen-bond acceptors (Lipinski definition) is 8. The molecule has 0 fully saturated rings. The van der Waals surface area contributed by atoms with Crippen LogP contribution in [0.25, 0.3) is 22.3 Å². The summed E-state index contributed by atoms with van der Waals surface area (Å²) in [6, 6.07) is 22.7. The third kappa shape index (κ3) is 10.7. The number of ether oxygens (including phenoxy) is 4. The molecule has 5 rings (SSSR count). The molecule has 0 saturated heterocycles. The fourth-order valence-electron chi connectivity index (χ4n) is 6.56. The number of allylic oxidation sites excluding steroid dienone is 15. The van der Waals surface area contributed by atoms with E-state index in [4.69, 9.17) is 36.1 Å². The predicted molar refractivity (Wildman–Crippen MR) is 262 cm³/mol. The molecular weight excluding hydrogens is 1020 g/mol. The van der Waals surface area contributed by atoms with Crippen molar-refractivity contribution in [2.45, 2.75) is 6.42 Å². The van der Waals surface area contributed by atoms with E-state index >= 15 is 0 Å². The zero-order chi connectivity index (χ0) is 43.3. The van der Waals surface area contributed by atoms with Gasteiger partial charge in [0, 0.05) is 57.3 Å². The highest BCUT2D eigenvalue weighted by Crippen LogP contribution is 2.40. The Bertz CT molecular complexity index is 2480. The summed E-state index contributed by atoms with van der Waals surface area (Å²) < 4.78 is 26.4. The number of hydrogen-bond donors (Lipinski definition) is 4. The molecule has 7 N–H and O–H groups in total. The van der Waals surface area contributed by atoms with Crippen molar-refractivity contribution < 1.29 is 18.9 Å². The molecule has 0 unspecified atom stereocenters. The van der Waals surface area contributed by atoms with Gasteiger partial charge in [-0.25, -0.2) is 0 Å². The molecule has 0 spiro atoms. The quantitative estimate of drug-likeness (QED) is 0.138. The molecule has 0 atom stereocenters. The lowest BCUT2D eigenvalue weighted by molar-refractivity contribution is 0.392. The van der Waals surface area contributed by atoms with Crippen LogP contribution in [0.3, 0.4) is 0 Å². The second-order valence-electron chi connectivity index (χ2n) is 13.0. The van der Waals surface area contributed by atoms with Crippen LogP contribution in [-0.2, 0) is 0 Å². The van der Waals surface area contributed by atoms with Crippen molar-refractivity contribution in [2.24, 2.45) is 17.2 Å². The van der Waals surface area contributed by atoms with Gasteiger partial charge in [0.2, 0.25) is 0 Å². The number of nitrogens with two attached hydrogens (primary N) is 3. The first kappa shape index (κ1) is 45.8. The third-order valence-corrected chi connectivity index (χ3v) is 12.0. The molecule has 0 heterocycles. The second-order valence-corrected chi connectivity index (χ2v) is 16.4. The molecule has 12 heteroatoms. The van der Waals surface area contributed by atoms with Crippen LogP contribution in [0, 0.1) is 5.41 Å². The van der Waals surface area contributed by atoms with Crippen LogP contribution in [0.15, 0.2) is 175 Å². The summed E-state index contributed by atoms with van der Waals surface area (Å²) in [7, 11) is 6.45. The molecule has 0 aromatic heterocycles. The Balaban J connectivity index is 1.84. The Hall–Kier alpha value is -5.27. The third-order valence-electron chi connectivity index (χ3n) is 9.32. The fourth-order valence-corrected chi connectivity index (χ4v) is 9.35. The minimum atomic E-state index is 0.165. The van der Waals surface area contributed by atoms with Gasteiger partial charge in [0.05, 0.1) is 45.3 Å². The first-order valence-corrected chi connectivity index (χ1v) is 21.6. The van der Waals surface area contributed by atoms with Gasteiger partial charge in [-0.1, -0.05) is 131 Å². The Kier molecular flexibility index (Phi) is 16.7. The van der Waals surface area contributed by atoms with E-state index < -0.39 is 0 Å². The number of halogens is 4. The Labute approximate surface area is 385 Å². The normalized spacial score (nSPS) is 21.5. The van der Waals surface area contributed by atoms with Crippen LogP contribution in [0.4, 0.5) is 0 Å². The van der Waals surface area contributed by atoms with E-state index in [1.807, 2.05) is 115 Å². The van der Waals surface area contributed by atoms with E-state index in [2.05, 4.69) is 63.7 Å². The molecule has 0 bridgehead atoms. The zero-order valence-corrected chi connectivity index (χ0v) is 39.7. The number of benzene rings is 4. The summed E-state index contributed by atoms with van der Waals surface area (Å²) in [6.45, 7) is 0. The molecule has 0 saturated carbocycles. The average molecular weight is 1060 g/mol. The van der Waals surface area contributed by atoms with Gasteiger partial charge in [-0.05, 0) is 90.4 Å². The standard InChI is InChI=1S/C48H44Br4N4O4/c1-57-39-25-11-26-40(58-2)43(39)29-13-5-21-35(53)47(45-31(49)17-9-18-32(45)50)37(55)23-7-15-30(44-41(59-3)27-12-28-42(44)60-4)16-8-24-38(56)48(36(54)22-6-14-29)46-33(51)19-10-20-34(46)52/h5-15,17-28,53H,16,54-56H2,1-4H3/b14-6+,21-5-,23-7-,24-8-,29-13-,30-15-,36-22-,47-37+,48-38+,53-35?. The van der Waals surface area contributed by atoms with Crippen LogP contribution in [0.5, 0.6) is 23.0 Å². The van der Waals surface area contributed by atoms with E-state index in [9.17, 15) is 5.41 Å². The SMILES string of the molecule is COc1cccc(OC)c1C1=C\C=C/C(=N)/C(c2c(Br)cccc2Br)=C(N)/C=C\C=C(/c2c(OC)cccc2OC)C/C=C\C(N)=C(c2c(Br)cccc2Br)\C(N)=C\C=C\1. The van der Waals surface area contributed by atoms with Gasteiger partial charge in [-0.2, -0.15) is 0 Å². The average Bonchev–Trinajstić information content (AvgIpc) is 3.23. The smallest absolute Gasteiger partial charge is 0.130 e. The first-order valence-electron chi connectivity index (χ1n) is 18.4. The summed E-state index contributed by atoms with van der Waals surface area (Å²) in [5.74, 6) is 2.45. The van der Waals surface area contributed by atoms with Gasteiger partial charge in [0.25, 0.3) is 0 Å². The van der Waals surface area contributed by atoms with E-state index in [1.165, 1.54) is 0 Å². The Morgan fingerprint density at radius 1 is 0.483 bits per heavy atom. The van der Waals surface area contributed by atoms with E-state index in [0.29, 0.717) is 63.2 Å². The van der Waals surface area contributed by atoms with Crippen molar-refractivity contribution in [1.29, 1.82) is 5.41 Å².